The molecule has 0 N–H and O–H groups in total. The Morgan fingerprint density at radius 1 is 1.28 bits per heavy atom. The van der Waals surface area contributed by atoms with E-state index in [9.17, 15) is 4.79 Å². The number of nitriles is 2. The Hall–Kier alpha value is -3.38. The fourth-order valence-electron chi connectivity index (χ4n) is 2.32. The van der Waals surface area contributed by atoms with Gasteiger partial charge >= 0.3 is 0 Å². The van der Waals surface area contributed by atoms with Gasteiger partial charge in [0.05, 0.1) is 18.1 Å². The zero-order valence-electron chi connectivity index (χ0n) is 13.9. The fourth-order valence-corrected chi connectivity index (χ4v) is 2.32. The highest BCUT2D eigenvalue weighted by atomic mass is 16.5. The van der Waals surface area contributed by atoms with E-state index in [1.807, 2.05) is 12.1 Å². The third-order valence-corrected chi connectivity index (χ3v) is 3.56. The summed E-state index contributed by atoms with van der Waals surface area (Å²) in [5.41, 5.74) is 1.25. The Labute approximate surface area is 146 Å². The van der Waals surface area contributed by atoms with Gasteiger partial charge in [-0.2, -0.15) is 10.5 Å². The van der Waals surface area contributed by atoms with E-state index < -0.39 is 6.10 Å². The maximum Gasteiger partial charge on any atom is 0.263 e. The minimum Gasteiger partial charge on any atom is -0.480 e. The minimum absolute atomic E-state index is 0.230. The SMILES string of the molecule is CC(Oc1ccccc1C#N)C(=O)N(CCC#N)Cc1cccnc1. The molecule has 0 radical (unpaired) electrons. The van der Waals surface area contributed by atoms with Crippen LogP contribution in [0.25, 0.3) is 0 Å². The Morgan fingerprint density at radius 2 is 2.08 bits per heavy atom. The highest BCUT2D eigenvalue weighted by molar-refractivity contribution is 5.81. The summed E-state index contributed by atoms with van der Waals surface area (Å²) in [5, 5.41) is 18.0. The van der Waals surface area contributed by atoms with Crippen LogP contribution in [-0.2, 0) is 11.3 Å². The first kappa shape index (κ1) is 18.0. The van der Waals surface area contributed by atoms with Crippen molar-refractivity contribution in [3.05, 3.63) is 59.9 Å². The van der Waals surface area contributed by atoms with E-state index in [2.05, 4.69) is 11.1 Å². The van der Waals surface area contributed by atoms with Crippen LogP contribution in [0.3, 0.4) is 0 Å². The molecule has 1 unspecified atom stereocenters. The second-order valence-corrected chi connectivity index (χ2v) is 5.40. The zero-order valence-corrected chi connectivity index (χ0v) is 13.9. The van der Waals surface area contributed by atoms with Crippen LogP contribution in [-0.4, -0.2) is 28.4 Å². The molecule has 0 aliphatic carbocycles. The molecule has 2 rings (SSSR count). The van der Waals surface area contributed by atoms with Crippen LogP contribution in [0.5, 0.6) is 5.75 Å². The molecule has 0 bridgehead atoms. The quantitative estimate of drug-likeness (QED) is 0.776. The van der Waals surface area contributed by atoms with Crippen molar-refractivity contribution in [2.75, 3.05) is 6.54 Å². The third kappa shape index (κ3) is 5.05. The molecular formula is C19H18N4O2. The number of hydrogen-bond donors (Lipinski definition) is 0. The number of nitrogens with zero attached hydrogens (tertiary/aromatic N) is 4. The van der Waals surface area contributed by atoms with Crippen molar-refractivity contribution in [3.63, 3.8) is 0 Å². The zero-order chi connectivity index (χ0) is 18.1. The summed E-state index contributed by atoms with van der Waals surface area (Å²) >= 11 is 0. The van der Waals surface area contributed by atoms with Gasteiger partial charge in [-0.25, -0.2) is 0 Å². The van der Waals surface area contributed by atoms with Crippen molar-refractivity contribution >= 4 is 5.91 Å². The lowest BCUT2D eigenvalue weighted by atomic mass is 10.2. The number of aromatic nitrogens is 1. The van der Waals surface area contributed by atoms with Gasteiger partial charge in [0.1, 0.15) is 11.8 Å². The standard InChI is InChI=1S/C19H18N4O2/c1-15(25-18-8-3-2-7-17(18)12-21)19(24)23(11-5-9-20)14-16-6-4-10-22-13-16/h2-4,6-8,10,13,15H,5,11,14H2,1H3. The van der Waals surface area contributed by atoms with Crippen LogP contribution < -0.4 is 4.74 Å². The van der Waals surface area contributed by atoms with Crippen LogP contribution in [0.1, 0.15) is 24.5 Å². The van der Waals surface area contributed by atoms with Gasteiger partial charge in [0.25, 0.3) is 5.91 Å². The van der Waals surface area contributed by atoms with Gasteiger partial charge in [0.15, 0.2) is 6.10 Å². The summed E-state index contributed by atoms with van der Waals surface area (Å²) in [6.45, 7) is 2.29. The number of carbonyl (C=O) groups is 1. The van der Waals surface area contributed by atoms with Crippen LogP contribution in [0.4, 0.5) is 0 Å². The van der Waals surface area contributed by atoms with Gasteiger partial charge in [0.2, 0.25) is 0 Å². The average Bonchev–Trinajstić information content (AvgIpc) is 2.65. The first-order chi connectivity index (χ1) is 12.2. The smallest absolute Gasteiger partial charge is 0.263 e. The molecule has 0 saturated heterocycles. The second kappa shape index (κ2) is 9.05. The number of benzene rings is 1. The normalized spacial score (nSPS) is 11.0. The molecule has 0 saturated carbocycles. The minimum atomic E-state index is -0.773. The fraction of sp³-hybridized carbons (Fsp3) is 0.263. The van der Waals surface area contributed by atoms with Crippen molar-refractivity contribution in [1.29, 1.82) is 10.5 Å². The van der Waals surface area contributed by atoms with E-state index in [1.165, 1.54) is 0 Å². The maximum absolute atomic E-state index is 12.7. The molecule has 6 heteroatoms. The largest absolute Gasteiger partial charge is 0.480 e. The average molecular weight is 334 g/mol. The molecule has 126 valence electrons. The number of ether oxygens (including phenoxy) is 1. The maximum atomic E-state index is 12.7. The third-order valence-electron chi connectivity index (χ3n) is 3.56. The first-order valence-electron chi connectivity index (χ1n) is 7.86. The van der Waals surface area contributed by atoms with Gasteiger partial charge in [0, 0.05) is 25.5 Å². The lowest BCUT2D eigenvalue weighted by Gasteiger charge is -2.25. The molecule has 25 heavy (non-hydrogen) atoms. The van der Waals surface area contributed by atoms with Crippen molar-refractivity contribution in [2.45, 2.75) is 26.0 Å². The highest BCUT2D eigenvalue weighted by Crippen LogP contribution is 2.19. The first-order valence-corrected chi connectivity index (χ1v) is 7.86. The molecule has 0 fully saturated rings. The van der Waals surface area contributed by atoms with Crippen molar-refractivity contribution in [2.24, 2.45) is 0 Å². The molecule has 1 aromatic heterocycles. The monoisotopic (exact) mass is 334 g/mol. The molecule has 1 heterocycles. The summed E-state index contributed by atoms with van der Waals surface area (Å²) < 4.78 is 5.68. The van der Waals surface area contributed by atoms with E-state index >= 15 is 0 Å². The number of rotatable bonds is 7. The van der Waals surface area contributed by atoms with Gasteiger partial charge in [-0.15, -0.1) is 0 Å². The molecule has 1 amide bonds. The Morgan fingerprint density at radius 3 is 2.76 bits per heavy atom. The van der Waals surface area contributed by atoms with E-state index in [0.29, 0.717) is 24.4 Å². The van der Waals surface area contributed by atoms with Crippen LogP contribution in [0.2, 0.25) is 0 Å². The number of para-hydroxylation sites is 1. The van der Waals surface area contributed by atoms with Crippen molar-refractivity contribution < 1.29 is 9.53 Å². The molecular weight excluding hydrogens is 316 g/mol. The van der Waals surface area contributed by atoms with Crippen LogP contribution in [0, 0.1) is 22.7 Å². The lowest BCUT2D eigenvalue weighted by molar-refractivity contribution is -0.138. The van der Waals surface area contributed by atoms with E-state index in [-0.39, 0.29) is 12.3 Å². The summed E-state index contributed by atoms with van der Waals surface area (Å²) in [4.78, 5) is 18.4. The second-order valence-electron chi connectivity index (χ2n) is 5.40. The highest BCUT2D eigenvalue weighted by Gasteiger charge is 2.23. The lowest BCUT2D eigenvalue weighted by Crippen LogP contribution is -2.40. The van der Waals surface area contributed by atoms with Crippen molar-refractivity contribution in [3.8, 4) is 17.9 Å². The summed E-state index contributed by atoms with van der Waals surface area (Å²) in [7, 11) is 0. The number of carbonyl (C=O) groups excluding carboxylic acids is 1. The van der Waals surface area contributed by atoms with Crippen LogP contribution in [0.15, 0.2) is 48.8 Å². The van der Waals surface area contributed by atoms with Gasteiger partial charge in [-0.3, -0.25) is 9.78 Å². The molecule has 2 aromatic rings. The van der Waals surface area contributed by atoms with Gasteiger partial charge in [-0.1, -0.05) is 18.2 Å². The molecule has 0 aliphatic rings. The molecule has 0 aliphatic heterocycles. The van der Waals surface area contributed by atoms with E-state index in [1.54, 1.807) is 54.5 Å². The number of hydrogen-bond acceptors (Lipinski definition) is 5. The molecule has 1 atom stereocenters. The Bertz CT molecular complexity index is 793. The summed E-state index contributed by atoms with van der Waals surface area (Å²) in [6.07, 6.45) is 2.80. The Kier molecular flexibility index (Phi) is 6.50. The predicted molar refractivity (Wildman–Crippen MR) is 91.1 cm³/mol. The van der Waals surface area contributed by atoms with Gasteiger partial charge < -0.3 is 9.64 Å². The van der Waals surface area contributed by atoms with E-state index in [0.717, 1.165) is 5.56 Å². The van der Waals surface area contributed by atoms with Gasteiger partial charge in [-0.05, 0) is 30.7 Å². The summed E-state index contributed by atoms with van der Waals surface area (Å²) in [6, 6.07) is 14.5. The molecule has 6 nitrogen and oxygen atoms in total. The Balaban J connectivity index is 2.12. The predicted octanol–water partition coefficient (Wildman–Crippen LogP) is 2.66. The van der Waals surface area contributed by atoms with Crippen molar-refractivity contribution in [1.82, 2.24) is 9.88 Å². The molecule has 1 aromatic carbocycles. The summed E-state index contributed by atoms with van der Waals surface area (Å²) in [5.74, 6) is 0.124. The molecule has 0 spiro atoms. The number of amides is 1. The van der Waals surface area contributed by atoms with Crippen LogP contribution >= 0.6 is 0 Å². The van der Waals surface area contributed by atoms with E-state index in [4.69, 9.17) is 15.3 Å². The topological polar surface area (TPSA) is 90.0 Å². The number of pyridine rings is 1.